The molecule has 5 heteroatoms. The maximum absolute atomic E-state index is 5.23. The fourth-order valence-corrected chi connectivity index (χ4v) is 6.48. The Morgan fingerprint density at radius 1 is 0.556 bits per heavy atom. The van der Waals surface area contributed by atoms with Gasteiger partial charge in [0.25, 0.3) is 0 Å². The molecule has 1 aliphatic rings. The molecule has 45 heavy (non-hydrogen) atoms. The molecule has 5 nitrogen and oxygen atoms in total. The number of aromatic nitrogens is 3. The summed E-state index contributed by atoms with van der Waals surface area (Å²) in [6.45, 7) is 0. The molecule has 6 aromatic carbocycles. The van der Waals surface area contributed by atoms with Crippen LogP contribution >= 0.6 is 0 Å². The molecule has 0 bridgehead atoms. The highest BCUT2D eigenvalue weighted by Gasteiger charge is 2.22. The van der Waals surface area contributed by atoms with Crippen molar-refractivity contribution in [2.45, 2.75) is 6.17 Å². The first-order chi connectivity index (χ1) is 22.3. The molecule has 0 spiro atoms. The topological polar surface area (TPSA) is 55.1 Å². The number of allylic oxidation sites excluding steroid dienone is 1. The van der Waals surface area contributed by atoms with Gasteiger partial charge in [-0.25, -0.2) is 9.97 Å². The van der Waals surface area contributed by atoms with Crippen LogP contribution < -0.4 is 5.32 Å². The first kappa shape index (κ1) is 25.4. The first-order valence-corrected chi connectivity index (χ1v) is 15.2. The molecule has 212 valence electrons. The maximum atomic E-state index is 5.23. The van der Waals surface area contributed by atoms with Crippen LogP contribution in [0.25, 0.3) is 55.3 Å². The van der Waals surface area contributed by atoms with E-state index in [-0.39, 0.29) is 6.17 Å². The van der Waals surface area contributed by atoms with E-state index < -0.39 is 0 Å². The summed E-state index contributed by atoms with van der Waals surface area (Å²) in [5.74, 6) is 0. The van der Waals surface area contributed by atoms with E-state index in [0.29, 0.717) is 0 Å². The third-order valence-electron chi connectivity index (χ3n) is 8.58. The number of para-hydroxylation sites is 3. The van der Waals surface area contributed by atoms with E-state index in [4.69, 9.17) is 15.0 Å². The molecule has 1 N–H and O–H groups in total. The summed E-state index contributed by atoms with van der Waals surface area (Å²) in [6.07, 6.45) is 1.88. The number of benzene rings is 6. The van der Waals surface area contributed by atoms with Crippen molar-refractivity contribution in [3.63, 3.8) is 0 Å². The van der Waals surface area contributed by atoms with E-state index in [2.05, 4.69) is 125 Å². The Balaban J connectivity index is 1.25. The minimum absolute atomic E-state index is 0.270. The zero-order chi connectivity index (χ0) is 29.7. The molecule has 0 saturated heterocycles. The molecular formula is C40H27N5. The van der Waals surface area contributed by atoms with Crippen LogP contribution in [0.3, 0.4) is 0 Å². The minimum atomic E-state index is -0.270. The van der Waals surface area contributed by atoms with E-state index in [1.54, 1.807) is 0 Å². The van der Waals surface area contributed by atoms with E-state index in [9.17, 15) is 0 Å². The fraction of sp³-hybridized carbons (Fsp3) is 0.0250. The molecule has 1 aliphatic heterocycles. The molecule has 0 fully saturated rings. The summed E-state index contributed by atoms with van der Waals surface area (Å²) in [4.78, 5) is 15.4. The van der Waals surface area contributed by atoms with E-state index in [0.717, 1.165) is 72.3 Å². The highest BCUT2D eigenvalue weighted by atomic mass is 15.1. The van der Waals surface area contributed by atoms with Crippen LogP contribution in [0.1, 0.15) is 22.9 Å². The van der Waals surface area contributed by atoms with Crippen molar-refractivity contribution in [1.82, 2.24) is 19.9 Å². The lowest BCUT2D eigenvalue weighted by Gasteiger charge is -2.25. The van der Waals surface area contributed by atoms with Crippen molar-refractivity contribution in [1.29, 1.82) is 0 Å². The highest BCUT2D eigenvalue weighted by Crippen LogP contribution is 2.37. The summed E-state index contributed by atoms with van der Waals surface area (Å²) in [7, 11) is 0. The number of fused-ring (bicyclic) bond motifs is 6. The molecule has 9 rings (SSSR count). The highest BCUT2D eigenvalue weighted by molar-refractivity contribution is 6.17. The van der Waals surface area contributed by atoms with Gasteiger partial charge in [-0.15, -0.1) is 0 Å². The molecule has 1 atom stereocenters. The quantitative estimate of drug-likeness (QED) is 0.212. The predicted molar refractivity (Wildman–Crippen MR) is 185 cm³/mol. The van der Waals surface area contributed by atoms with Gasteiger partial charge in [-0.3, -0.25) is 4.99 Å². The zero-order valence-corrected chi connectivity index (χ0v) is 24.3. The molecule has 0 radical (unpaired) electrons. The van der Waals surface area contributed by atoms with Crippen LogP contribution in [0.2, 0.25) is 0 Å². The summed E-state index contributed by atoms with van der Waals surface area (Å²) in [5.41, 5.74) is 12.1. The Hall–Kier alpha value is -6.07. The van der Waals surface area contributed by atoms with Crippen LogP contribution in [-0.2, 0) is 0 Å². The SMILES string of the molecule is C1=C(c2ccccc2)NC(c2cccc(-n3c4ccccc4c4ccc5nc6ccccc6nc5c43)c2)N=C1c1ccccc1. The van der Waals surface area contributed by atoms with Gasteiger partial charge in [0.2, 0.25) is 0 Å². The van der Waals surface area contributed by atoms with Crippen LogP contribution in [0.15, 0.2) is 157 Å². The van der Waals surface area contributed by atoms with E-state index in [1.807, 2.05) is 36.4 Å². The molecule has 0 amide bonds. The first-order valence-electron chi connectivity index (χ1n) is 15.2. The Bertz CT molecular complexity index is 2460. The smallest absolute Gasteiger partial charge is 0.145 e. The lowest BCUT2D eigenvalue weighted by molar-refractivity contribution is 0.663. The second kappa shape index (κ2) is 10.3. The zero-order valence-electron chi connectivity index (χ0n) is 24.3. The third kappa shape index (κ3) is 4.28. The van der Waals surface area contributed by atoms with Crippen molar-refractivity contribution in [2.75, 3.05) is 0 Å². The van der Waals surface area contributed by atoms with Crippen LogP contribution in [0.5, 0.6) is 0 Å². The fourth-order valence-electron chi connectivity index (χ4n) is 6.48. The summed E-state index contributed by atoms with van der Waals surface area (Å²) in [5, 5.41) is 6.06. The van der Waals surface area contributed by atoms with Crippen molar-refractivity contribution in [3.8, 4) is 5.69 Å². The van der Waals surface area contributed by atoms with Gasteiger partial charge in [-0.1, -0.05) is 103 Å². The number of rotatable bonds is 4. The van der Waals surface area contributed by atoms with Gasteiger partial charge < -0.3 is 9.88 Å². The summed E-state index contributed by atoms with van der Waals surface area (Å²) >= 11 is 0. The molecule has 1 unspecified atom stereocenters. The normalized spacial score (nSPS) is 14.9. The second-order valence-corrected chi connectivity index (χ2v) is 11.3. The van der Waals surface area contributed by atoms with Gasteiger partial charge in [0.05, 0.1) is 33.3 Å². The van der Waals surface area contributed by atoms with Crippen molar-refractivity contribution >= 4 is 55.3 Å². The molecule has 8 aromatic rings. The van der Waals surface area contributed by atoms with Crippen LogP contribution in [0, 0.1) is 0 Å². The van der Waals surface area contributed by atoms with Crippen molar-refractivity contribution < 1.29 is 0 Å². The lowest BCUT2D eigenvalue weighted by Crippen LogP contribution is -2.25. The Morgan fingerprint density at radius 3 is 2.09 bits per heavy atom. The Kier molecular flexibility index (Phi) is 5.81. The standard InChI is InChI=1S/C40H27N5/c1-3-12-26(13-4-1)35-25-36(27-14-5-2-6-15-27)44-40(43-35)28-16-11-17-29(24-28)45-37-21-10-7-18-30(37)31-22-23-34-38(39(31)45)42-33-20-9-8-19-32(33)41-34/h1-25,40,43H. The summed E-state index contributed by atoms with van der Waals surface area (Å²) < 4.78 is 2.33. The van der Waals surface area contributed by atoms with Gasteiger partial charge in [0.15, 0.2) is 0 Å². The number of nitrogens with one attached hydrogen (secondary N) is 1. The monoisotopic (exact) mass is 577 g/mol. The van der Waals surface area contributed by atoms with E-state index in [1.165, 1.54) is 5.39 Å². The van der Waals surface area contributed by atoms with Gasteiger partial charge >= 0.3 is 0 Å². The number of hydrogen-bond donors (Lipinski definition) is 1. The van der Waals surface area contributed by atoms with Crippen molar-refractivity contribution in [2.24, 2.45) is 4.99 Å². The van der Waals surface area contributed by atoms with E-state index >= 15 is 0 Å². The van der Waals surface area contributed by atoms with Crippen molar-refractivity contribution in [3.05, 3.63) is 168 Å². The average molecular weight is 578 g/mol. The molecule has 0 saturated carbocycles. The summed E-state index contributed by atoms with van der Waals surface area (Å²) in [6, 6.07) is 50.4. The van der Waals surface area contributed by atoms with Crippen LogP contribution in [0.4, 0.5) is 0 Å². The molecule has 3 heterocycles. The van der Waals surface area contributed by atoms with Gasteiger partial charge in [-0.2, -0.15) is 0 Å². The number of nitrogens with zero attached hydrogens (tertiary/aromatic N) is 4. The maximum Gasteiger partial charge on any atom is 0.145 e. The van der Waals surface area contributed by atoms with Gasteiger partial charge in [-0.05, 0) is 65.2 Å². The Morgan fingerprint density at radius 2 is 1.27 bits per heavy atom. The minimum Gasteiger partial charge on any atom is -0.360 e. The largest absolute Gasteiger partial charge is 0.360 e. The average Bonchev–Trinajstić information content (AvgIpc) is 3.46. The number of hydrogen-bond acceptors (Lipinski definition) is 4. The molecule has 0 aliphatic carbocycles. The molecular weight excluding hydrogens is 550 g/mol. The van der Waals surface area contributed by atoms with Crippen LogP contribution in [-0.4, -0.2) is 20.2 Å². The van der Waals surface area contributed by atoms with Gasteiger partial charge in [0, 0.05) is 22.2 Å². The second-order valence-electron chi connectivity index (χ2n) is 11.3. The lowest BCUT2D eigenvalue weighted by atomic mass is 10.0. The third-order valence-corrected chi connectivity index (χ3v) is 8.58. The number of aliphatic imine (C=N–C) groups is 1. The molecule has 2 aromatic heterocycles. The Labute approximate surface area is 259 Å². The predicted octanol–water partition coefficient (Wildman–Crippen LogP) is 9.01. The van der Waals surface area contributed by atoms with Gasteiger partial charge in [0.1, 0.15) is 11.7 Å².